The maximum atomic E-state index is 12.8. The summed E-state index contributed by atoms with van der Waals surface area (Å²) in [4.78, 5) is 15.7. The summed E-state index contributed by atoms with van der Waals surface area (Å²) in [5.41, 5.74) is 1.95. The summed E-state index contributed by atoms with van der Waals surface area (Å²) in [5.74, 6) is 1.38. The molecule has 0 aliphatic carbocycles. The lowest BCUT2D eigenvalue weighted by atomic mass is 10.2. The molecule has 0 fully saturated rings. The second-order valence-corrected chi connectivity index (χ2v) is 7.76. The van der Waals surface area contributed by atoms with Crippen LogP contribution in [0.4, 0.5) is 0 Å². The van der Waals surface area contributed by atoms with Gasteiger partial charge in [0, 0.05) is 24.1 Å². The first-order valence-corrected chi connectivity index (χ1v) is 10.9. The van der Waals surface area contributed by atoms with Gasteiger partial charge in [0.05, 0.1) is 6.61 Å². The Labute approximate surface area is 179 Å². The van der Waals surface area contributed by atoms with E-state index < -0.39 is 0 Å². The number of aromatic amines is 1. The predicted octanol–water partition coefficient (Wildman–Crippen LogP) is 4.39. The fraction of sp³-hybridized carbons (Fsp3) is 0.286. The van der Waals surface area contributed by atoms with Crippen molar-refractivity contribution in [1.29, 1.82) is 0 Å². The molecule has 0 radical (unpaired) electrons. The van der Waals surface area contributed by atoms with E-state index in [-0.39, 0.29) is 12.5 Å². The molecule has 1 N–H and O–H groups in total. The van der Waals surface area contributed by atoms with Crippen LogP contribution in [0.2, 0.25) is 0 Å². The number of nitrogens with one attached hydrogen (secondary N) is 1. The Morgan fingerprint density at radius 2 is 1.90 bits per heavy atom. The minimum absolute atomic E-state index is 0.0383. The second kappa shape index (κ2) is 9.76. The minimum Gasteiger partial charge on any atom is -0.494 e. The standard InChI is InChI=1S/C21H24N4O2S2/c1-4-27-17-9-7-16(8-10-17)20-22-23-21(28)25(20)14-19(26)24(2)13-15-5-11-18(29-3)12-6-15/h5-12H,4,13-14H2,1-3H3,(H,23,28). The molecule has 1 amide bonds. The summed E-state index contributed by atoms with van der Waals surface area (Å²) in [6.45, 7) is 3.21. The Balaban J connectivity index is 1.73. The highest BCUT2D eigenvalue weighted by atomic mass is 32.2. The highest BCUT2D eigenvalue weighted by molar-refractivity contribution is 7.98. The lowest BCUT2D eigenvalue weighted by Gasteiger charge is -2.18. The molecule has 3 rings (SSSR count). The lowest BCUT2D eigenvalue weighted by Crippen LogP contribution is -2.30. The quantitative estimate of drug-likeness (QED) is 0.426. The van der Waals surface area contributed by atoms with Crippen molar-refractivity contribution in [2.45, 2.75) is 24.9 Å². The van der Waals surface area contributed by atoms with E-state index in [2.05, 4.69) is 22.3 Å². The van der Waals surface area contributed by atoms with Crippen LogP contribution in [0.25, 0.3) is 11.4 Å². The molecule has 2 aromatic carbocycles. The van der Waals surface area contributed by atoms with Crippen molar-refractivity contribution in [3.05, 3.63) is 58.9 Å². The van der Waals surface area contributed by atoms with Crippen LogP contribution in [-0.4, -0.2) is 45.5 Å². The first kappa shape index (κ1) is 21.1. The minimum atomic E-state index is -0.0383. The van der Waals surface area contributed by atoms with E-state index in [9.17, 15) is 4.79 Å². The van der Waals surface area contributed by atoms with Gasteiger partial charge in [-0.25, -0.2) is 0 Å². The number of amides is 1. The molecule has 1 heterocycles. The summed E-state index contributed by atoms with van der Waals surface area (Å²) in [6.07, 6.45) is 2.04. The number of carbonyl (C=O) groups is 1. The lowest BCUT2D eigenvalue weighted by molar-refractivity contribution is -0.131. The van der Waals surface area contributed by atoms with Gasteiger partial charge in [-0.1, -0.05) is 12.1 Å². The van der Waals surface area contributed by atoms with Crippen molar-refractivity contribution in [3.8, 4) is 17.1 Å². The number of carbonyl (C=O) groups excluding carboxylic acids is 1. The maximum absolute atomic E-state index is 12.8. The first-order valence-electron chi connectivity index (χ1n) is 9.27. The van der Waals surface area contributed by atoms with E-state index in [0.29, 0.717) is 23.7 Å². The fourth-order valence-corrected chi connectivity index (χ4v) is 3.51. The van der Waals surface area contributed by atoms with Crippen molar-refractivity contribution in [1.82, 2.24) is 19.7 Å². The van der Waals surface area contributed by atoms with E-state index in [0.717, 1.165) is 16.9 Å². The van der Waals surface area contributed by atoms with Crippen molar-refractivity contribution >= 4 is 29.9 Å². The number of H-pyrrole nitrogens is 1. The van der Waals surface area contributed by atoms with Crippen molar-refractivity contribution in [3.63, 3.8) is 0 Å². The molecule has 0 unspecified atom stereocenters. The summed E-state index contributed by atoms with van der Waals surface area (Å²) in [6, 6.07) is 15.8. The molecule has 0 spiro atoms. The predicted molar refractivity (Wildman–Crippen MR) is 119 cm³/mol. The molecule has 8 heteroatoms. The van der Waals surface area contributed by atoms with E-state index in [1.165, 1.54) is 4.90 Å². The second-order valence-electron chi connectivity index (χ2n) is 6.49. The van der Waals surface area contributed by atoms with Gasteiger partial charge >= 0.3 is 0 Å². The van der Waals surface area contributed by atoms with Crippen LogP contribution in [0.1, 0.15) is 12.5 Å². The van der Waals surface area contributed by atoms with Crippen molar-refractivity contribution in [2.75, 3.05) is 19.9 Å². The molecule has 0 aliphatic heterocycles. The van der Waals surface area contributed by atoms with Crippen LogP contribution in [-0.2, 0) is 17.9 Å². The SMILES string of the molecule is CCOc1ccc(-c2n[nH]c(=S)n2CC(=O)N(C)Cc2ccc(SC)cc2)cc1. The Kier molecular flexibility index (Phi) is 7.11. The number of hydrogen-bond donors (Lipinski definition) is 1. The van der Waals surface area contributed by atoms with Crippen LogP contribution in [0.5, 0.6) is 5.75 Å². The third-order valence-electron chi connectivity index (χ3n) is 4.48. The monoisotopic (exact) mass is 428 g/mol. The van der Waals surface area contributed by atoms with Gasteiger partial charge in [-0.15, -0.1) is 11.8 Å². The molecule has 6 nitrogen and oxygen atoms in total. The van der Waals surface area contributed by atoms with Crippen molar-refractivity contribution in [2.24, 2.45) is 0 Å². The number of rotatable bonds is 8. The Hall–Kier alpha value is -2.58. The Morgan fingerprint density at radius 1 is 1.21 bits per heavy atom. The van der Waals surface area contributed by atoms with E-state index in [4.69, 9.17) is 17.0 Å². The number of hydrogen-bond acceptors (Lipinski definition) is 5. The Morgan fingerprint density at radius 3 is 2.52 bits per heavy atom. The van der Waals surface area contributed by atoms with Gasteiger partial charge in [0.15, 0.2) is 10.6 Å². The fourth-order valence-electron chi connectivity index (χ4n) is 2.90. The van der Waals surface area contributed by atoms with Gasteiger partial charge in [0.2, 0.25) is 5.91 Å². The molecular formula is C21H24N4O2S2. The summed E-state index contributed by atoms with van der Waals surface area (Å²) in [7, 11) is 1.80. The van der Waals surface area contributed by atoms with Crippen LogP contribution in [0.3, 0.4) is 0 Å². The number of aromatic nitrogens is 3. The van der Waals surface area contributed by atoms with E-state index in [1.807, 2.05) is 49.6 Å². The van der Waals surface area contributed by atoms with Crippen LogP contribution >= 0.6 is 24.0 Å². The molecule has 0 saturated carbocycles. The number of benzene rings is 2. The molecule has 1 aromatic heterocycles. The molecule has 152 valence electrons. The number of likely N-dealkylation sites (N-methyl/N-ethyl adjacent to an activating group) is 1. The normalized spacial score (nSPS) is 10.7. The highest BCUT2D eigenvalue weighted by Crippen LogP contribution is 2.21. The smallest absolute Gasteiger partial charge is 0.242 e. The molecule has 3 aromatic rings. The average Bonchev–Trinajstić information content (AvgIpc) is 3.09. The molecule has 29 heavy (non-hydrogen) atoms. The van der Waals surface area contributed by atoms with Gasteiger partial charge in [0.25, 0.3) is 0 Å². The molecule has 0 bridgehead atoms. The molecule has 0 atom stereocenters. The summed E-state index contributed by atoms with van der Waals surface area (Å²) < 4.78 is 7.62. The van der Waals surface area contributed by atoms with Gasteiger partial charge in [-0.2, -0.15) is 5.10 Å². The largest absolute Gasteiger partial charge is 0.494 e. The van der Waals surface area contributed by atoms with Crippen LogP contribution in [0, 0.1) is 4.77 Å². The molecule has 0 saturated heterocycles. The van der Waals surface area contributed by atoms with Crippen LogP contribution < -0.4 is 4.74 Å². The number of nitrogens with zero attached hydrogens (tertiary/aromatic N) is 3. The average molecular weight is 429 g/mol. The van der Waals surface area contributed by atoms with E-state index >= 15 is 0 Å². The summed E-state index contributed by atoms with van der Waals surface area (Å²) in [5, 5.41) is 7.10. The maximum Gasteiger partial charge on any atom is 0.242 e. The summed E-state index contributed by atoms with van der Waals surface area (Å²) >= 11 is 7.05. The zero-order valence-corrected chi connectivity index (χ0v) is 18.3. The third kappa shape index (κ3) is 5.27. The molecule has 0 aliphatic rings. The van der Waals surface area contributed by atoms with Crippen molar-refractivity contribution < 1.29 is 9.53 Å². The first-order chi connectivity index (χ1) is 14.0. The van der Waals surface area contributed by atoms with Gasteiger partial charge in [0.1, 0.15) is 12.3 Å². The van der Waals surface area contributed by atoms with Crippen LogP contribution in [0.15, 0.2) is 53.4 Å². The molecular weight excluding hydrogens is 404 g/mol. The zero-order valence-electron chi connectivity index (χ0n) is 16.7. The van der Waals surface area contributed by atoms with Gasteiger partial charge in [-0.05, 0) is 67.4 Å². The van der Waals surface area contributed by atoms with E-state index in [1.54, 1.807) is 28.3 Å². The third-order valence-corrected chi connectivity index (χ3v) is 5.53. The number of ether oxygens (including phenoxy) is 1. The zero-order chi connectivity index (χ0) is 20.8. The number of thioether (sulfide) groups is 1. The van der Waals surface area contributed by atoms with Gasteiger partial charge < -0.3 is 9.64 Å². The topological polar surface area (TPSA) is 63.1 Å². The Bertz CT molecular complexity index is 1010. The van der Waals surface area contributed by atoms with Gasteiger partial charge in [-0.3, -0.25) is 14.5 Å². The highest BCUT2D eigenvalue weighted by Gasteiger charge is 2.16.